The molecule has 7 nitrogen and oxygen atoms in total. The van der Waals surface area contributed by atoms with Crippen LogP contribution in [-0.4, -0.2) is 53.1 Å². The number of nitrogens with one attached hydrogen (secondary N) is 2. The van der Waals surface area contributed by atoms with Crippen molar-refractivity contribution < 1.29 is 19.5 Å². The van der Waals surface area contributed by atoms with E-state index in [0.717, 1.165) is 38.8 Å². The molecule has 3 amide bonds. The van der Waals surface area contributed by atoms with Gasteiger partial charge >= 0.3 is 12.0 Å². The molecule has 0 saturated carbocycles. The second-order valence-electron chi connectivity index (χ2n) is 5.53. The summed E-state index contributed by atoms with van der Waals surface area (Å²) in [7, 11) is 0. The molecule has 0 aromatic heterocycles. The molecule has 1 aliphatic rings. The summed E-state index contributed by atoms with van der Waals surface area (Å²) in [6.45, 7) is 4.10. The maximum absolute atomic E-state index is 11.9. The first kappa shape index (κ1) is 16.3. The molecule has 0 radical (unpaired) electrons. The Morgan fingerprint density at radius 3 is 2.15 bits per heavy atom. The van der Waals surface area contributed by atoms with Gasteiger partial charge in [-0.3, -0.25) is 4.79 Å². The molecule has 3 N–H and O–H groups in total. The Morgan fingerprint density at radius 1 is 1.10 bits per heavy atom. The van der Waals surface area contributed by atoms with Crippen molar-refractivity contribution in [2.75, 3.05) is 19.6 Å². The van der Waals surface area contributed by atoms with Gasteiger partial charge in [-0.05, 0) is 26.7 Å². The number of carbonyl (C=O) groups excluding carboxylic acids is 2. The lowest BCUT2D eigenvalue weighted by Crippen LogP contribution is -2.54. The average molecular weight is 285 g/mol. The Hall–Kier alpha value is -1.79. The maximum Gasteiger partial charge on any atom is 0.328 e. The molecule has 7 heteroatoms. The molecule has 0 aromatic carbocycles. The average Bonchev–Trinajstić information content (AvgIpc) is 2.64. The second kappa shape index (κ2) is 7.12. The van der Waals surface area contributed by atoms with E-state index in [-0.39, 0.29) is 12.5 Å². The van der Waals surface area contributed by atoms with Gasteiger partial charge in [-0.1, -0.05) is 12.8 Å². The normalized spacial score (nSPS) is 16.2. The van der Waals surface area contributed by atoms with Gasteiger partial charge in [0.2, 0.25) is 5.91 Å². The van der Waals surface area contributed by atoms with Gasteiger partial charge in [-0.2, -0.15) is 0 Å². The van der Waals surface area contributed by atoms with E-state index in [1.807, 2.05) is 0 Å². The summed E-state index contributed by atoms with van der Waals surface area (Å²) in [5, 5.41) is 13.6. The van der Waals surface area contributed by atoms with Crippen LogP contribution in [0.15, 0.2) is 0 Å². The third kappa shape index (κ3) is 5.07. The van der Waals surface area contributed by atoms with E-state index in [4.69, 9.17) is 5.11 Å². The highest BCUT2D eigenvalue weighted by Gasteiger charge is 2.29. The van der Waals surface area contributed by atoms with Crippen LogP contribution in [0.2, 0.25) is 0 Å². The van der Waals surface area contributed by atoms with Crippen LogP contribution in [-0.2, 0) is 9.59 Å². The molecule has 0 aliphatic carbocycles. The van der Waals surface area contributed by atoms with E-state index in [9.17, 15) is 14.4 Å². The molecule has 0 unspecified atom stereocenters. The Kier molecular flexibility index (Phi) is 5.79. The fraction of sp³-hybridized carbons (Fsp3) is 0.769. The van der Waals surface area contributed by atoms with Crippen LogP contribution < -0.4 is 10.6 Å². The summed E-state index contributed by atoms with van der Waals surface area (Å²) in [6.07, 6.45) is 4.24. The van der Waals surface area contributed by atoms with Gasteiger partial charge < -0.3 is 20.6 Å². The highest BCUT2D eigenvalue weighted by Crippen LogP contribution is 2.09. The van der Waals surface area contributed by atoms with Crippen molar-refractivity contribution >= 4 is 17.9 Å². The number of rotatable bonds is 4. The van der Waals surface area contributed by atoms with Gasteiger partial charge in [0.1, 0.15) is 5.54 Å². The number of urea groups is 1. The van der Waals surface area contributed by atoms with Crippen LogP contribution in [0.3, 0.4) is 0 Å². The summed E-state index contributed by atoms with van der Waals surface area (Å²) in [5.74, 6) is -1.26. The highest BCUT2D eigenvalue weighted by atomic mass is 16.4. The molecule has 0 aromatic rings. The summed E-state index contributed by atoms with van der Waals surface area (Å²) >= 11 is 0. The smallest absolute Gasteiger partial charge is 0.328 e. The van der Waals surface area contributed by atoms with Crippen LogP contribution in [0.1, 0.15) is 39.5 Å². The number of aliphatic carboxylic acids is 1. The summed E-state index contributed by atoms with van der Waals surface area (Å²) in [4.78, 5) is 36.1. The van der Waals surface area contributed by atoms with Crippen molar-refractivity contribution in [2.24, 2.45) is 0 Å². The minimum absolute atomic E-state index is 0.110. The minimum atomic E-state index is -1.37. The van der Waals surface area contributed by atoms with Gasteiger partial charge in [0.25, 0.3) is 0 Å². The molecule has 1 aliphatic heterocycles. The summed E-state index contributed by atoms with van der Waals surface area (Å²) in [6, 6.07) is -0.652. The fourth-order valence-corrected chi connectivity index (χ4v) is 1.97. The molecule has 114 valence electrons. The number of amides is 3. The van der Waals surface area contributed by atoms with Crippen molar-refractivity contribution in [3.63, 3.8) is 0 Å². The fourth-order valence-electron chi connectivity index (χ4n) is 1.97. The molecule has 20 heavy (non-hydrogen) atoms. The Morgan fingerprint density at radius 2 is 1.65 bits per heavy atom. The lowest BCUT2D eigenvalue weighted by atomic mass is 10.1. The maximum atomic E-state index is 11.9. The molecular weight excluding hydrogens is 262 g/mol. The van der Waals surface area contributed by atoms with Gasteiger partial charge in [-0.15, -0.1) is 0 Å². The number of hydrogen-bond donors (Lipinski definition) is 3. The molecule has 1 rings (SSSR count). The van der Waals surface area contributed by atoms with E-state index in [1.54, 1.807) is 4.90 Å². The van der Waals surface area contributed by atoms with Crippen LogP contribution in [0, 0.1) is 0 Å². The zero-order valence-electron chi connectivity index (χ0n) is 12.1. The number of likely N-dealkylation sites (tertiary alicyclic amines) is 1. The standard InChI is InChI=1S/C13H23N3O4/c1-13(2,11(18)19)15-12(20)14-9-10(17)16-7-5-3-4-6-8-16/h3-9H2,1-2H3,(H,18,19)(H2,14,15,20). The van der Waals surface area contributed by atoms with E-state index in [1.165, 1.54) is 13.8 Å². The largest absolute Gasteiger partial charge is 0.480 e. The molecule has 1 saturated heterocycles. The van der Waals surface area contributed by atoms with Crippen molar-refractivity contribution in [3.05, 3.63) is 0 Å². The van der Waals surface area contributed by atoms with Crippen LogP contribution in [0.5, 0.6) is 0 Å². The Balaban J connectivity index is 2.36. The number of hydrogen-bond acceptors (Lipinski definition) is 3. The van der Waals surface area contributed by atoms with Gasteiger partial charge in [0.15, 0.2) is 0 Å². The Labute approximate surface area is 118 Å². The predicted octanol–water partition coefficient (Wildman–Crippen LogP) is 0.551. The number of carbonyl (C=O) groups is 3. The SMILES string of the molecule is CC(C)(NC(=O)NCC(=O)N1CCCCCC1)C(=O)O. The van der Waals surface area contributed by atoms with E-state index >= 15 is 0 Å². The highest BCUT2D eigenvalue weighted by molar-refractivity contribution is 5.88. The van der Waals surface area contributed by atoms with Crippen LogP contribution in [0.25, 0.3) is 0 Å². The van der Waals surface area contributed by atoms with Crippen LogP contribution in [0.4, 0.5) is 4.79 Å². The molecule has 0 spiro atoms. The quantitative estimate of drug-likeness (QED) is 0.702. The van der Waals surface area contributed by atoms with Crippen molar-refractivity contribution in [1.82, 2.24) is 15.5 Å². The first-order valence-electron chi connectivity index (χ1n) is 6.90. The number of carboxylic acid groups (broad SMARTS) is 1. The molecule has 1 heterocycles. The number of carboxylic acids is 1. The third-order valence-corrected chi connectivity index (χ3v) is 3.32. The number of nitrogens with zero attached hydrogens (tertiary/aromatic N) is 1. The molecule has 0 atom stereocenters. The van der Waals surface area contributed by atoms with E-state index in [2.05, 4.69) is 10.6 Å². The van der Waals surface area contributed by atoms with Crippen molar-refractivity contribution in [2.45, 2.75) is 45.1 Å². The molecule has 0 bridgehead atoms. The van der Waals surface area contributed by atoms with Gasteiger partial charge in [-0.25, -0.2) is 9.59 Å². The zero-order chi connectivity index (χ0) is 15.2. The van der Waals surface area contributed by atoms with E-state index < -0.39 is 17.5 Å². The zero-order valence-corrected chi connectivity index (χ0v) is 12.1. The van der Waals surface area contributed by atoms with Gasteiger partial charge in [0, 0.05) is 13.1 Å². The lowest BCUT2D eigenvalue weighted by molar-refractivity contribution is -0.142. The molecule has 1 fully saturated rings. The monoisotopic (exact) mass is 285 g/mol. The first-order valence-corrected chi connectivity index (χ1v) is 6.90. The van der Waals surface area contributed by atoms with Crippen molar-refractivity contribution in [3.8, 4) is 0 Å². The Bertz CT molecular complexity index is 374. The van der Waals surface area contributed by atoms with Crippen LogP contribution >= 0.6 is 0 Å². The summed E-state index contributed by atoms with van der Waals surface area (Å²) < 4.78 is 0. The lowest BCUT2D eigenvalue weighted by Gasteiger charge is -2.23. The second-order valence-corrected chi connectivity index (χ2v) is 5.53. The van der Waals surface area contributed by atoms with E-state index in [0.29, 0.717) is 0 Å². The predicted molar refractivity (Wildman–Crippen MR) is 73.3 cm³/mol. The first-order chi connectivity index (χ1) is 9.33. The molecular formula is C13H23N3O4. The minimum Gasteiger partial charge on any atom is -0.480 e. The topological polar surface area (TPSA) is 98.7 Å². The van der Waals surface area contributed by atoms with Crippen molar-refractivity contribution in [1.29, 1.82) is 0 Å². The summed E-state index contributed by atoms with van der Waals surface area (Å²) in [5.41, 5.74) is -1.37. The third-order valence-electron chi connectivity index (χ3n) is 3.32. The van der Waals surface area contributed by atoms with Gasteiger partial charge in [0.05, 0.1) is 6.54 Å².